The van der Waals surface area contributed by atoms with Gasteiger partial charge in [0.2, 0.25) is 0 Å². The fourth-order valence-corrected chi connectivity index (χ4v) is 1.29. The molecule has 0 fully saturated rings. The summed E-state index contributed by atoms with van der Waals surface area (Å²) in [6, 6.07) is 5.98. The van der Waals surface area contributed by atoms with Crippen LogP contribution in [0.1, 0.15) is 20.8 Å². The van der Waals surface area contributed by atoms with Gasteiger partial charge in [0.1, 0.15) is 5.69 Å². The molecule has 0 atom stereocenters. The van der Waals surface area contributed by atoms with Gasteiger partial charge in [0.15, 0.2) is 0 Å². The Morgan fingerprint density at radius 3 is 2.39 bits per heavy atom. The van der Waals surface area contributed by atoms with Crippen molar-refractivity contribution in [2.24, 2.45) is 0 Å². The molecule has 6 heteroatoms. The maximum Gasteiger partial charge on any atom is 0.337 e. The third-order valence-corrected chi connectivity index (χ3v) is 2.18. The van der Waals surface area contributed by atoms with Gasteiger partial charge >= 0.3 is 5.97 Å². The van der Waals surface area contributed by atoms with Crippen LogP contribution in [-0.2, 0) is 0 Å². The van der Waals surface area contributed by atoms with Gasteiger partial charge in [-0.15, -0.1) is 0 Å². The first-order valence-corrected chi connectivity index (χ1v) is 5.07. The second kappa shape index (κ2) is 5.05. The number of nitrogens with zero attached hydrogens (tertiary/aromatic N) is 2. The summed E-state index contributed by atoms with van der Waals surface area (Å²) in [5.74, 6) is -1.48. The van der Waals surface area contributed by atoms with Crippen LogP contribution in [0.25, 0.3) is 0 Å². The Labute approximate surface area is 102 Å². The Morgan fingerprint density at radius 1 is 1.11 bits per heavy atom. The highest BCUT2D eigenvalue weighted by atomic mass is 16.4. The summed E-state index contributed by atoms with van der Waals surface area (Å²) < 4.78 is 0. The van der Waals surface area contributed by atoms with Gasteiger partial charge < -0.3 is 10.4 Å². The first kappa shape index (κ1) is 11.7. The zero-order chi connectivity index (χ0) is 13.0. The van der Waals surface area contributed by atoms with Crippen LogP contribution < -0.4 is 5.32 Å². The SMILES string of the molecule is O=C(O)c1ccc(C(=O)Nc2ccncc2)nc1. The number of rotatable bonds is 3. The molecule has 90 valence electrons. The predicted octanol–water partition coefficient (Wildman–Crippen LogP) is 1.43. The average Bonchev–Trinajstić information content (AvgIpc) is 2.40. The van der Waals surface area contributed by atoms with Gasteiger partial charge in [0, 0.05) is 24.3 Å². The topological polar surface area (TPSA) is 92.2 Å². The number of carbonyl (C=O) groups is 2. The number of hydrogen-bond donors (Lipinski definition) is 2. The molecule has 0 aliphatic rings. The second-order valence-corrected chi connectivity index (χ2v) is 3.43. The van der Waals surface area contributed by atoms with Crippen molar-refractivity contribution < 1.29 is 14.7 Å². The van der Waals surface area contributed by atoms with Crippen molar-refractivity contribution >= 4 is 17.6 Å². The van der Waals surface area contributed by atoms with E-state index < -0.39 is 11.9 Å². The number of hydrogen-bond acceptors (Lipinski definition) is 4. The number of aromatic nitrogens is 2. The average molecular weight is 243 g/mol. The van der Waals surface area contributed by atoms with Gasteiger partial charge in [-0.1, -0.05) is 0 Å². The number of carbonyl (C=O) groups excluding carboxylic acids is 1. The van der Waals surface area contributed by atoms with Crippen LogP contribution in [0.3, 0.4) is 0 Å². The third-order valence-electron chi connectivity index (χ3n) is 2.18. The number of amides is 1. The first-order valence-electron chi connectivity index (χ1n) is 5.07. The van der Waals surface area contributed by atoms with E-state index in [-0.39, 0.29) is 11.3 Å². The monoisotopic (exact) mass is 243 g/mol. The minimum atomic E-state index is -1.08. The molecule has 2 N–H and O–H groups in total. The minimum absolute atomic E-state index is 0.0375. The van der Waals surface area contributed by atoms with Gasteiger partial charge in [0.05, 0.1) is 5.56 Å². The summed E-state index contributed by atoms with van der Waals surface area (Å²) in [4.78, 5) is 30.0. The highest BCUT2D eigenvalue weighted by Gasteiger charge is 2.09. The fraction of sp³-hybridized carbons (Fsp3) is 0. The molecule has 0 spiro atoms. The Bertz CT molecular complexity index is 567. The molecule has 0 aromatic carbocycles. The third kappa shape index (κ3) is 2.67. The minimum Gasteiger partial charge on any atom is -0.478 e. The van der Waals surface area contributed by atoms with Crippen LogP contribution in [0.15, 0.2) is 42.9 Å². The van der Waals surface area contributed by atoms with Gasteiger partial charge in [-0.2, -0.15) is 0 Å². The lowest BCUT2D eigenvalue weighted by atomic mass is 10.2. The Balaban J connectivity index is 2.12. The molecule has 0 saturated carbocycles. The normalized spacial score (nSPS) is 9.78. The van der Waals surface area contributed by atoms with E-state index in [4.69, 9.17) is 5.11 Å². The molecular weight excluding hydrogens is 234 g/mol. The van der Waals surface area contributed by atoms with Crippen molar-refractivity contribution in [3.8, 4) is 0 Å². The van der Waals surface area contributed by atoms with Gasteiger partial charge in [0.25, 0.3) is 5.91 Å². The van der Waals surface area contributed by atoms with Crippen LogP contribution in [0.2, 0.25) is 0 Å². The van der Waals surface area contributed by atoms with Crippen molar-refractivity contribution in [2.75, 3.05) is 5.32 Å². The second-order valence-electron chi connectivity index (χ2n) is 3.43. The zero-order valence-corrected chi connectivity index (χ0v) is 9.20. The number of anilines is 1. The summed E-state index contributed by atoms with van der Waals surface area (Å²) >= 11 is 0. The van der Waals surface area contributed by atoms with E-state index in [1.54, 1.807) is 24.5 Å². The Hall–Kier alpha value is -2.76. The number of aromatic carboxylic acids is 1. The standard InChI is InChI=1S/C12H9N3O3/c16-11(15-9-3-5-13-6-4-9)10-2-1-8(7-14-10)12(17)18/h1-7H,(H,17,18)(H,13,15,16). The van der Waals surface area contributed by atoms with Crippen molar-refractivity contribution in [3.05, 3.63) is 54.1 Å². The molecule has 2 aromatic heterocycles. The highest BCUT2D eigenvalue weighted by Crippen LogP contribution is 2.07. The number of pyridine rings is 2. The molecule has 2 heterocycles. The maximum absolute atomic E-state index is 11.8. The molecule has 2 aromatic rings. The molecule has 18 heavy (non-hydrogen) atoms. The predicted molar refractivity (Wildman–Crippen MR) is 63.4 cm³/mol. The quantitative estimate of drug-likeness (QED) is 0.850. The molecular formula is C12H9N3O3. The van der Waals surface area contributed by atoms with E-state index in [2.05, 4.69) is 15.3 Å². The molecule has 6 nitrogen and oxygen atoms in total. The van der Waals surface area contributed by atoms with Crippen molar-refractivity contribution in [3.63, 3.8) is 0 Å². The molecule has 0 aliphatic heterocycles. The molecule has 0 unspecified atom stereocenters. The van der Waals surface area contributed by atoms with Crippen LogP contribution in [0.4, 0.5) is 5.69 Å². The van der Waals surface area contributed by atoms with E-state index >= 15 is 0 Å². The van der Waals surface area contributed by atoms with Crippen LogP contribution in [-0.4, -0.2) is 27.0 Å². The molecule has 0 saturated heterocycles. The zero-order valence-electron chi connectivity index (χ0n) is 9.20. The summed E-state index contributed by atoms with van der Waals surface area (Å²) in [5, 5.41) is 11.3. The van der Waals surface area contributed by atoms with Crippen LogP contribution in [0, 0.1) is 0 Å². The Kier molecular flexibility index (Phi) is 3.29. The van der Waals surface area contributed by atoms with Gasteiger partial charge in [-0.3, -0.25) is 14.8 Å². The summed E-state index contributed by atoms with van der Waals surface area (Å²) in [6.45, 7) is 0. The number of carboxylic acids is 1. The summed E-state index contributed by atoms with van der Waals surface area (Å²) in [6.07, 6.45) is 4.25. The summed E-state index contributed by atoms with van der Waals surface area (Å²) in [5.41, 5.74) is 0.784. The highest BCUT2D eigenvalue weighted by molar-refractivity contribution is 6.03. The van der Waals surface area contributed by atoms with E-state index in [9.17, 15) is 9.59 Å². The fourth-order valence-electron chi connectivity index (χ4n) is 1.29. The molecule has 1 amide bonds. The van der Waals surface area contributed by atoms with Crippen molar-refractivity contribution in [1.29, 1.82) is 0 Å². The van der Waals surface area contributed by atoms with E-state index in [1.807, 2.05) is 0 Å². The lowest BCUT2D eigenvalue weighted by Crippen LogP contribution is -2.14. The first-order chi connectivity index (χ1) is 8.66. The van der Waals surface area contributed by atoms with Crippen molar-refractivity contribution in [2.45, 2.75) is 0 Å². The largest absolute Gasteiger partial charge is 0.478 e. The number of carboxylic acid groups (broad SMARTS) is 1. The van der Waals surface area contributed by atoms with Crippen molar-refractivity contribution in [1.82, 2.24) is 9.97 Å². The van der Waals surface area contributed by atoms with E-state index in [1.165, 1.54) is 12.1 Å². The molecule has 0 bridgehead atoms. The smallest absolute Gasteiger partial charge is 0.337 e. The van der Waals surface area contributed by atoms with E-state index in [0.29, 0.717) is 5.69 Å². The summed E-state index contributed by atoms with van der Waals surface area (Å²) in [7, 11) is 0. The van der Waals surface area contributed by atoms with E-state index in [0.717, 1.165) is 6.20 Å². The van der Waals surface area contributed by atoms with Gasteiger partial charge in [-0.25, -0.2) is 4.79 Å². The number of nitrogens with one attached hydrogen (secondary N) is 1. The van der Waals surface area contributed by atoms with Gasteiger partial charge in [-0.05, 0) is 24.3 Å². The molecule has 2 rings (SSSR count). The lowest BCUT2D eigenvalue weighted by molar-refractivity contribution is 0.0696. The van der Waals surface area contributed by atoms with Crippen LogP contribution >= 0.6 is 0 Å². The molecule has 0 aliphatic carbocycles. The molecule has 0 radical (unpaired) electrons. The van der Waals surface area contributed by atoms with Crippen LogP contribution in [0.5, 0.6) is 0 Å². The Morgan fingerprint density at radius 2 is 1.83 bits per heavy atom. The maximum atomic E-state index is 11.8. The lowest BCUT2D eigenvalue weighted by Gasteiger charge is -2.03.